The summed E-state index contributed by atoms with van der Waals surface area (Å²) in [6.07, 6.45) is -1.37. The lowest BCUT2D eigenvalue weighted by Crippen LogP contribution is -2.25. The smallest absolute Gasteiger partial charge is 0.361 e. The number of benzene rings is 3. The lowest BCUT2D eigenvalue weighted by molar-refractivity contribution is -0.137. The van der Waals surface area contributed by atoms with Crippen LogP contribution < -0.4 is 5.32 Å². The summed E-state index contributed by atoms with van der Waals surface area (Å²) >= 11 is 0. The lowest BCUT2D eigenvalue weighted by atomic mass is 9.87. The molecule has 2 N–H and O–H groups in total. The number of carbonyl (C=O) groups is 1. The fourth-order valence-electron chi connectivity index (χ4n) is 4.23. The van der Waals surface area contributed by atoms with E-state index in [0.717, 1.165) is 40.6 Å². The van der Waals surface area contributed by atoms with E-state index >= 15 is 0 Å². The van der Waals surface area contributed by atoms with Gasteiger partial charge in [0.2, 0.25) is 5.91 Å². The highest BCUT2D eigenvalue weighted by molar-refractivity contribution is 5.88. The highest BCUT2D eigenvalue weighted by Crippen LogP contribution is 2.34. The summed E-state index contributed by atoms with van der Waals surface area (Å²) in [7, 11) is 0. The standard InChI is InChI=1S/C27H25F3N2O/c1-2-19-11-7-13-22-24(17-32-26(19)22)23(20-9-4-3-5-10-20)15-25(33)31-16-18-8-6-12-21(14-18)27(28,29)30/h3-14,17,23,32H,2,15-16H2,1H3,(H,31,33). The topological polar surface area (TPSA) is 44.9 Å². The van der Waals surface area contributed by atoms with Gasteiger partial charge in [-0.2, -0.15) is 13.2 Å². The monoisotopic (exact) mass is 450 g/mol. The molecule has 3 aromatic carbocycles. The molecule has 0 bridgehead atoms. The van der Waals surface area contributed by atoms with Gasteiger partial charge in [0, 0.05) is 36.0 Å². The Morgan fingerprint density at radius 3 is 2.48 bits per heavy atom. The van der Waals surface area contributed by atoms with E-state index in [1.165, 1.54) is 11.6 Å². The molecule has 3 nitrogen and oxygen atoms in total. The van der Waals surface area contributed by atoms with Gasteiger partial charge in [-0.15, -0.1) is 0 Å². The van der Waals surface area contributed by atoms with Crippen molar-refractivity contribution in [2.24, 2.45) is 0 Å². The van der Waals surface area contributed by atoms with E-state index in [9.17, 15) is 18.0 Å². The number of hydrogen-bond donors (Lipinski definition) is 2. The Morgan fingerprint density at radius 1 is 1.00 bits per heavy atom. The first-order chi connectivity index (χ1) is 15.9. The van der Waals surface area contributed by atoms with Gasteiger partial charge in [0.1, 0.15) is 0 Å². The third-order valence-electron chi connectivity index (χ3n) is 5.93. The molecule has 0 spiro atoms. The SMILES string of the molecule is CCc1cccc2c(C(CC(=O)NCc3cccc(C(F)(F)F)c3)c3ccccc3)c[nH]c12. The number of rotatable bonds is 7. The molecule has 0 radical (unpaired) electrons. The highest BCUT2D eigenvalue weighted by Gasteiger charge is 2.30. The van der Waals surface area contributed by atoms with Gasteiger partial charge in [-0.1, -0.05) is 67.6 Å². The third kappa shape index (κ3) is 5.11. The lowest BCUT2D eigenvalue weighted by Gasteiger charge is -2.17. The fraction of sp³-hybridized carbons (Fsp3) is 0.222. The average Bonchev–Trinajstić information content (AvgIpc) is 3.25. The molecule has 0 fully saturated rings. The maximum Gasteiger partial charge on any atom is 0.416 e. The van der Waals surface area contributed by atoms with Crippen molar-refractivity contribution in [1.29, 1.82) is 0 Å². The van der Waals surface area contributed by atoms with Gasteiger partial charge in [0.05, 0.1) is 5.56 Å². The summed E-state index contributed by atoms with van der Waals surface area (Å²) in [4.78, 5) is 16.3. The molecule has 0 aliphatic heterocycles. The number of para-hydroxylation sites is 1. The van der Waals surface area contributed by atoms with Crippen LogP contribution in [0.1, 0.15) is 47.1 Å². The van der Waals surface area contributed by atoms with Gasteiger partial charge in [-0.05, 0) is 40.8 Å². The molecule has 33 heavy (non-hydrogen) atoms. The molecule has 0 saturated carbocycles. The van der Waals surface area contributed by atoms with E-state index < -0.39 is 11.7 Å². The van der Waals surface area contributed by atoms with E-state index in [1.54, 1.807) is 6.07 Å². The Bertz CT molecular complexity index is 1250. The predicted octanol–water partition coefficient (Wildman–Crippen LogP) is 6.59. The number of aromatic nitrogens is 1. The van der Waals surface area contributed by atoms with Gasteiger partial charge in [0.15, 0.2) is 0 Å². The first-order valence-corrected chi connectivity index (χ1v) is 10.9. The van der Waals surface area contributed by atoms with Crippen molar-refractivity contribution in [2.45, 2.75) is 38.4 Å². The number of aryl methyl sites for hydroxylation is 1. The first kappa shape index (κ1) is 22.6. The minimum absolute atomic E-state index is 0.0398. The zero-order chi connectivity index (χ0) is 23.4. The summed E-state index contributed by atoms with van der Waals surface area (Å²) in [6.45, 7) is 2.14. The number of fused-ring (bicyclic) bond motifs is 1. The highest BCUT2D eigenvalue weighted by atomic mass is 19.4. The summed E-state index contributed by atoms with van der Waals surface area (Å²) in [5.41, 5.74) is 4.01. The van der Waals surface area contributed by atoms with Crippen molar-refractivity contribution >= 4 is 16.8 Å². The van der Waals surface area contributed by atoms with Crippen molar-refractivity contribution in [3.8, 4) is 0 Å². The van der Waals surface area contributed by atoms with Crippen molar-refractivity contribution < 1.29 is 18.0 Å². The number of alkyl halides is 3. The van der Waals surface area contributed by atoms with Crippen molar-refractivity contribution in [1.82, 2.24) is 10.3 Å². The Labute approximate surface area is 190 Å². The summed E-state index contributed by atoms with van der Waals surface area (Å²) in [5, 5.41) is 3.87. The minimum Gasteiger partial charge on any atom is -0.361 e. The number of aromatic amines is 1. The van der Waals surface area contributed by atoms with Crippen LogP contribution in [0.15, 0.2) is 79.0 Å². The second-order valence-electron chi connectivity index (χ2n) is 8.08. The summed E-state index contributed by atoms with van der Waals surface area (Å²) < 4.78 is 38.9. The summed E-state index contributed by atoms with van der Waals surface area (Å²) in [6, 6.07) is 21.0. The zero-order valence-corrected chi connectivity index (χ0v) is 18.2. The molecule has 0 saturated heterocycles. The van der Waals surface area contributed by atoms with Gasteiger partial charge in [-0.3, -0.25) is 4.79 Å². The van der Waals surface area contributed by atoms with Crippen LogP contribution in [0.25, 0.3) is 10.9 Å². The van der Waals surface area contributed by atoms with Crippen molar-refractivity contribution in [3.05, 3.63) is 107 Å². The fourth-order valence-corrected chi connectivity index (χ4v) is 4.23. The molecule has 4 aromatic rings. The van der Waals surface area contributed by atoms with Crippen LogP contribution in [0.5, 0.6) is 0 Å². The molecule has 6 heteroatoms. The van der Waals surface area contributed by atoms with E-state index in [-0.39, 0.29) is 24.8 Å². The van der Waals surface area contributed by atoms with Gasteiger partial charge >= 0.3 is 6.18 Å². The Kier molecular flexibility index (Phi) is 6.54. The quantitative estimate of drug-likeness (QED) is 0.328. The van der Waals surface area contributed by atoms with Crippen molar-refractivity contribution in [2.75, 3.05) is 0 Å². The van der Waals surface area contributed by atoms with Gasteiger partial charge in [0.25, 0.3) is 0 Å². The van der Waals surface area contributed by atoms with E-state index in [1.807, 2.05) is 42.6 Å². The Morgan fingerprint density at radius 2 is 1.76 bits per heavy atom. The zero-order valence-electron chi connectivity index (χ0n) is 18.2. The maximum atomic E-state index is 13.0. The number of nitrogens with one attached hydrogen (secondary N) is 2. The second kappa shape index (κ2) is 9.53. The number of amides is 1. The maximum absolute atomic E-state index is 13.0. The number of carbonyl (C=O) groups excluding carboxylic acids is 1. The van der Waals surface area contributed by atoms with Gasteiger partial charge < -0.3 is 10.3 Å². The number of halogens is 3. The van der Waals surface area contributed by atoms with E-state index in [4.69, 9.17) is 0 Å². The molecule has 1 unspecified atom stereocenters. The molecular formula is C27H25F3N2O. The normalized spacial score (nSPS) is 12.6. The first-order valence-electron chi connectivity index (χ1n) is 10.9. The molecule has 1 atom stereocenters. The summed E-state index contributed by atoms with van der Waals surface area (Å²) in [5.74, 6) is -0.407. The molecule has 0 aliphatic carbocycles. The minimum atomic E-state index is -4.41. The van der Waals surface area contributed by atoms with Gasteiger partial charge in [-0.25, -0.2) is 0 Å². The van der Waals surface area contributed by atoms with Crippen LogP contribution in [0.4, 0.5) is 13.2 Å². The largest absolute Gasteiger partial charge is 0.416 e. The number of hydrogen-bond acceptors (Lipinski definition) is 1. The van der Waals surface area contributed by atoms with Crippen LogP contribution in [0.2, 0.25) is 0 Å². The molecule has 170 valence electrons. The van der Waals surface area contributed by atoms with Crippen LogP contribution in [0.3, 0.4) is 0 Å². The predicted molar refractivity (Wildman–Crippen MR) is 124 cm³/mol. The molecule has 4 rings (SSSR count). The van der Waals surface area contributed by atoms with E-state index in [2.05, 4.69) is 29.4 Å². The van der Waals surface area contributed by atoms with Crippen LogP contribution in [-0.2, 0) is 23.9 Å². The molecule has 1 aromatic heterocycles. The van der Waals surface area contributed by atoms with Crippen LogP contribution in [-0.4, -0.2) is 10.9 Å². The average molecular weight is 451 g/mol. The van der Waals surface area contributed by atoms with E-state index in [0.29, 0.717) is 5.56 Å². The Balaban J connectivity index is 1.57. The van der Waals surface area contributed by atoms with Crippen molar-refractivity contribution in [3.63, 3.8) is 0 Å². The molecule has 0 aliphatic rings. The van der Waals surface area contributed by atoms with Crippen LogP contribution >= 0.6 is 0 Å². The third-order valence-corrected chi connectivity index (χ3v) is 5.93. The van der Waals surface area contributed by atoms with Crippen LogP contribution in [0, 0.1) is 0 Å². The Hall–Kier alpha value is -3.54. The molecule has 1 amide bonds. The molecule has 1 heterocycles. The molecular weight excluding hydrogens is 425 g/mol. The second-order valence-corrected chi connectivity index (χ2v) is 8.08. The number of H-pyrrole nitrogens is 1.